The topological polar surface area (TPSA) is 60.4 Å². The largest absolute Gasteiger partial charge is 0.374 e. The molecule has 7 heteroatoms. The van der Waals surface area contributed by atoms with E-state index in [9.17, 15) is 8.78 Å². The Bertz CT molecular complexity index is 545. The summed E-state index contributed by atoms with van der Waals surface area (Å²) in [6.45, 7) is 5.75. The maximum absolute atomic E-state index is 13.0. The molecule has 2 rings (SSSR count). The van der Waals surface area contributed by atoms with Gasteiger partial charge in [0.05, 0.1) is 18.9 Å². The fraction of sp³-hybridized carbons (Fsp3) is 0.438. The second-order valence-corrected chi connectivity index (χ2v) is 5.28. The van der Waals surface area contributed by atoms with Crippen LogP contribution in [0.5, 0.6) is 0 Å². The van der Waals surface area contributed by atoms with Crippen LogP contribution in [0.3, 0.4) is 0 Å². The highest BCUT2D eigenvalue weighted by molar-refractivity contribution is 5.93. The highest BCUT2D eigenvalue weighted by Crippen LogP contribution is 2.12. The van der Waals surface area contributed by atoms with Crippen molar-refractivity contribution in [2.24, 2.45) is 0 Å². The number of nitrogens with zero attached hydrogens (tertiary/aromatic N) is 1. The van der Waals surface area contributed by atoms with Gasteiger partial charge in [-0.05, 0) is 18.2 Å². The van der Waals surface area contributed by atoms with Crippen molar-refractivity contribution in [1.82, 2.24) is 10.2 Å². The van der Waals surface area contributed by atoms with Gasteiger partial charge in [-0.1, -0.05) is 0 Å². The number of hydrogen-bond acceptors (Lipinski definition) is 5. The van der Waals surface area contributed by atoms with E-state index in [4.69, 9.17) is 10.1 Å². The van der Waals surface area contributed by atoms with Crippen LogP contribution in [0.4, 0.5) is 14.5 Å². The quantitative estimate of drug-likeness (QED) is 0.504. The van der Waals surface area contributed by atoms with E-state index in [2.05, 4.69) is 15.5 Å². The molecular weight excluding hydrogens is 302 g/mol. The van der Waals surface area contributed by atoms with E-state index < -0.39 is 11.6 Å². The summed E-state index contributed by atoms with van der Waals surface area (Å²) in [6.07, 6.45) is 3.04. The molecule has 1 saturated heterocycles. The molecule has 0 unspecified atom stereocenters. The van der Waals surface area contributed by atoms with Gasteiger partial charge in [-0.3, -0.25) is 4.90 Å². The molecule has 0 atom stereocenters. The van der Waals surface area contributed by atoms with Crippen LogP contribution in [0.2, 0.25) is 0 Å². The van der Waals surface area contributed by atoms with Crippen LogP contribution in [0.1, 0.15) is 0 Å². The van der Waals surface area contributed by atoms with Crippen molar-refractivity contribution in [3.05, 3.63) is 42.1 Å². The first-order valence-electron chi connectivity index (χ1n) is 7.61. The van der Waals surface area contributed by atoms with Crippen molar-refractivity contribution < 1.29 is 13.5 Å². The van der Waals surface area contributed by atoms with Crippen LogP contribution in [-0.2, 0) is 4.74 Å². The van der Waals surface area contributed by atoms with Crippen LogP contribution < -0.4 is 10.6 Å². The van der Waals surface area contributed by atoms with Gasteiger partial charge in [-0.2, -0.15) is 0 Å². The highest BCUT2D eigenvalue weighted by Gasteiger charge is 2.08. The third kappa shape index (κ3) is 6.43. The Balaban J connectivity index is 1.61. The summed E-state index contributed by atoms with van der Waals surface area (Å²) in [5.74, 6) is -1.79. The van der Waals surface area contributed by atoms with E-state index in [1.54, 1.807) is 0 Å². The Morgan fingerprint density at radius 1 is 1.30 bits per heavy atom. The van der Waals surface area contributed by atoms with Crippen LogP contribution >= 0.6 is 0 Å². The fourth-order valence-corrected chi connectivity index (χ4v) is 2.18. The lowest BCUT2D eigenvalue weighted by atomic mass is 10.3. The second kappa shape index (κ2) is 9.34. The van der Waals surface area contributed by atoms with Crippen molar-refractivity contribution in [1.29, 1.82) is 5.41 Å². The maximum Gasteiger partial charge on any atom is 0.160 e. The number of nitrogens with one attached hydrogen (secondary N) is 3. The summed E-state index contributed by atoms with van der Waals surface area (Å²) in [6, 6.07) is 3.54. The summed E-state index contributed by atoms with van der Waals surface area (Å²) in [4.78, 5) is 2.32. The number of hydrogen-bond donors (Lipinski definition) is 3. The molecule has 0 aliphatic carbocycles. The maximum atomic E-state index is 13.0. The van der Waals surface area contributed by atoms with Crippen LogP contribution in [-0.4, -0.2) is 56.5 Å². The van der Waals surface area contributed by atoms with E-state index in [1.165, 1.54) is 18.3 Å². The second-order valence-electron chi connectivity index (χ2n) is 5.28. The lowest BCUT2D eigenvalue weighted by molar-refractivity contribution is 0.124. The molecule has 1 fully saturated rings. The van der Waals surface area contributed by atoms with E-state index in [1.807, 2.05) is 0 Å². The predicted octanol–water partition coefficient (Wildman–Crippen LogP) is 1.83. The molecule has 0 spiro atoms. The monoisotopic (exact) mass is 324 g/mol. The van der Waals surface area contributed by atoms with Gasteiger partial charge >= 0.3 is 0 Å². The molecule has 0 amide bonds. The van der Waals surface area contributed by atoms with Gasteiger partial charge in [0, 0.05) is 50.7 Å². The Labute approximate surface area is 134 Å². The first-order chi connectivity index (χ1) is 11.1. The molecule has 1 heterocycles. The summed E-state index contributed by atoms with van der Waals surface area (Å²) in [5, 5.41) is 13.8. The van der Waals surface area contributed by atoms with Crippen molar-refractivity contribution in [2.45, 2.75) is 0 Å². The minimum Gasteiger partial charge on any atom is -0.374 e. The van der Waals surface area contributed by atoms with Gasteiger partial charge in [0.1, 0.15) is 0 Å². The van der Waals surface area contributed by atoms with Crippen LogP contribution in [0, 0.1) is 17.0 Å². The lowest BCUT2D eigenvalue weighted by Gasteiger charge is -2.26. The van der Waals surface area contributed by atoms with E-state index in [0.717, 1.165) is 44.9 Å². The van der Waals surface area contributed by atoms with Crippen LogP contribution in [0.25, 0.3) is 0 Å². The molecule has 0 bridgehead atoms. The standard InChI is InChI=1S/C16H22F2N4O/c17-15-2-1-14(11-16(15)18)21-4-3-13(19)12-23-10-9-22-7-5-20-6-8-22/h1-4,11,19-21H,5-10,12H2/b4-3-,19-13?. The molecule has 1 aromatic carbocycles. The predicted molar refractivity (Wildman–Crippen MR) is 87.0 cm³/mol. The zero-order valence-electron chi connectivity index (χ0n) is 12.9. The fourth-order valence-electron chi connectivity index (χ4n) is 2.18. The number of ether oxygens (including phenoxy) is 1. The molecule has 1 aliphatic heterocycles. The zero-order valence-corrected chi connectivity index (χ0v) is 12.9. The number of rotatable bonds is 8. The third-order valence-corrected chi connectivity index (χ3v) is 3.47. The van der Waals surface area contributed by atoms with Gasteiger partial charge in [-0.25, -0.2) is 8.78 Å². The zero-order chi connectivity index (χ0) is 16.5. The van der Waals surface area contributed by atoms with Gasteiger partial charge in [0.15, 0.2) is 11.6 Å². The molecule has 0 aromatic heterocycles. The molecule has 3 N–H and O–H groups in total. The summed E-state index contributed by atoms with van der Waals surface area (Å²) in [7, 11) is 0. The smallest absolute Gasteiger partial charge is 0.160 e. The van der Waals surface area contributed by atoms with Crippen LogP contribution in [0.15, 0.2) is 30.5 Å². The number of anilines is 1. The van der Waals surface area contributed by atoms with E-state index in [-0.39, 0.29) is 6.61 Å². The number of halogens is 2. The highest BCUT2D eigenvalue weighted by atomic mass is 19.2. The molecule has 0 saturated carbocycles. The Hall–Kier alpha value is -1.83. The van der Waals surface area contributed by atoms with Crippen molar-refractivity contribution in [2.75, 3.05) is 51.3 Å². The van der Waals surface area contributed by atoms with Gasteiger partial charge < -0.3 is 20.8 Å². The number of benzene rings is 1. The van der Waals surface area contributed by atoms with Gasteiger partial charge in [0.25, 0.3) is 0 Å². The summed E-state index contributed by atoms with van der Waals surface area (Å²) in [5.41, 5.74) is 0.730. The lowest BCUT2D eigenvalue weighted by Crippen LogP contribution is -2.44. The normalized spacial score (nSPS) is 15.9. The Kier molecular flexibility index (Phi) is 7.12. The van der Waals surface area contributed by atoms with Crippen molar-refractivity contribution in [3.63, 3.8) is 0 Å². The first-order valence-corrected chi connectivity index (χ1v) is 7.61. The molecule has 5 nitrogen and oxygen atoms in total. The van der Waals surface area contributed by atoms with E-state index >= 15 is 0 Å². The average molecular weight is 324 g/mol. The molecular formula is C16H22F2N4O. The first kappa shape index (κ1) is 17.5. The Morgan fingerprint density at radius 3 is 2.83 bits per heavy atom. The number of piperazine rings is 1. The third-order valence-electron chi connectivity index (χ3n) is 3.47. The van der Waals surface area contributed by atoms with Gasteiger partial charge in [-0.15, -0.1) is 0 Å². The minimum absolute atomic E-state index is 0.224. The molecule has 1 aliphatic rings. The van der Waals surface area contributed by atoms with Gasteiger partial charge in [0.2, 0.25) is 0 Å². The Morgan fingerprint density at radius 2 is 2.09 bits per heavy atom. The molecule has 0 radical (unpaired) electrons. The SMILES string of the molecule is N=C(/C=C\Nc1ccc(F)c(F)c1)COCCN1CCNCC1. The summed E-state index contributed by atoms with van der Waals surface area (Å²) < 4.78 is 31.3. The minimum atomic E-state index is -0.908. The summed E-state index contributed by atoms with van der Waals surface area (Å²) >= 11 is 0. The molecule has 126 valence electrons. The molecule has 23 heavy (non-hydrogen) atoms. The van der Waals surface area contributed by atoms with Crippen molar-refractivity contribution in [3.8, 4) is 0 Å². The van der Waals surface area contributed by atoms with Crippen molar-refractivity contribution >= 4 is 11.4 Å². The average Bonchev–Trinajstić information content (AvgIpc) is 2.56. The molecule has 1 aromatic rings. The van der Waals surface area contributed by atoms with E-state index in [0.29, 0.717) is 18.0 Å².